The van der Waals surface area contributed by atoms with Gasteiger partial charge in [0.05, 0.1) is 5.52 Å². The highest BCUT2D eigenvalue weighted by molar-refractivity contribution is 6.09. The van der Waals surface area contributed by atoms with Crippen LogP contribution in [-0.2, 0) is 16.1 Å². The van der Waals surface area contributed by atoms with E-state index in [2.05, 4.69) is 15.6 Å². The van der Waals surface area contributed by atoms with E-state index in [9.17, 15) is 28.0 Å². The van der Waals surface area contributed by atoms with Crippen molar-refractivity contribution in [1.29, 1.82) is 0 Å². The van der Waals surface area contributed by atoms with Gasteiger partial charge in [-0.15, -0.1) is 0 Å². The minimum atomic E-state index is -0.795. The molecule has 168 valence electrons. The predicted octanol–water partition coefficient (Wildman–Crippen LogP) is 2.77. The summed E-state index contributed by atoms with van der Waals surface area (Å²) in [5, 5.41) is 5.23. The van der Waals surface area contributed by atoms with Crippen molar-refractivity contribution >= 4 is 40.2 Å². The number of aryl methyl sites for hydroxylation is 1. The summed E-state index contributed by atoms with van der Waals surface area (Å²) in [6.07, 6.45) is 0.414. The van der Waals surface area contributed by atoms with Gasteiger partial charge in [0.2, 0.25) is 11.8 Å². The number of nitrogens with zero attached hydrogens (tertiary/aromatic N) is 1. The second-order valence-electron chi connectivity index (χ2n) is 8.16. The molecule has 5 rings (SSSR count). The van der Waals surface area contributed by atoms with Gasteiger partial charge >= 0.3 is 0 Å². The fraction of sp³-hybridized carbons (Fsp3) is 0.217. The van der Waals surface area contributed by atoms with Gasteiger partial charge in [0.25, 0.3) is 11.8 Å². The second kappa shape index (κ2) is 7.51. The third kappa shape index (κ3) is 3.43. The molecule has 1 aromatic heterocycles. The van der Waals surface area contributed by atoms with Crippen molar-refractivity contribution in [2.75, 3.05) is 5.32 Å². The van der Waals surface area contributed by atoms with Crippen LogP contribution in [0, 0.1) is 18.6 Å². The van der Waals surface area contributed by atoms with Crippen LogP contribution in [0.15, 0.2) is 30.3 Å². The number of anilines is 1. The lowest BCUT2D eigenvalue weighted by Crippen LogP contribution is -2.52. The van der Waals surface area contributed by atoms with E-state index in [4.69, 9.17) is 0 Å². The number of aromatic amines is 1. The molecule has 2 aliphatic heterocycles. The predicted molar refractivity (Wildman–Crippen MR) is 113 cm³/mol. The summed E-state index contributed by atoms with van der Waals surface area (Å²) in [6, 6.07) is 5.92. The van der Waals surface area contributed by atoms with E-state index in [0.29, 0.717) is 22.4 Å². The number of hydrogen-bond donors (Lipinski definition) is 3. The molecule has 4 amide bonds. The third-order valence-electron chi connectivity index (χ3n) is 6.09. The van der Waals surface area contributed by atoms with Gasteiger partial charge in [0.15, 0.2) is 0 Å². The summed E-state index contributed by atoms with van der Waals surface area (Å²) in [7, 11) is 0. The molecule has 0 saturated carbocycles. The number of nitrogens with one attached hydrogen (secondary N) is 3. The zero-order chi connectivity index (χ0) is 23.4. The van der Waals surface area contributed by atoms with E-state index in [1.54, 1.807) is 25.1 Å². The summed E-state index contributed by atoms with van der Waals surface area (Å²) in [4.78, 5) is 53.3. The fourth-order valence-electron chi connectivity index (χ4n) is 4.42. The third-order valence-corrected chi connectivity index (χ3v) is 6.09. The Hall–Kier alpha value is -4.08. The van der Waals surface area contributed by atoms with Crippen LogP contribution in [-0.4, -0.2) is 39.6 Å². The number of benzene rings is 2. The lowest BCUT2D eigenvalue weighted by atomic mass is 10.0. The Balaban J connectivity index is 1.38. The maximum absolute atomic E-state index is 14.1. The maximum Gasteiger partial charge on any atom is 0.272 e. The van der Waals surface area contributed by atoms with E-state index in [1.165, 1.54) is 4.90 Å². The van der Waals surface area contributed by atoms with Crippen LogP contribution >= 0.6 is 0 Å². The van der Waals surface area contributed by atoms with Crippen molar-refractivity contribution in [3.05, 3.63) is 64.4 Å². The molecule has 1 atom stereocenters. The van der Waals surface area contributed by atoms with Crippen molar-refractivity contribution in [1.82, 2.24) is 15.2 Å². The molecule has 2 aliphatic rings. The molecule has 3 N–H and O–H groups in total. The SMILES string of the molecule is Cc1c(C(=O)Nc2ccc3c(c2)CN([C@@H]2CCC(=O)NC2=O)C3=O)[nH]c2c(F)cc(F)cc12. The zero-order valence-corrected chi connectivity index (χ0v) is 17.4. The lowest BCUT2D eigenvalue weighted by Gasteiger charge is -2.29. The Morgan fingerprint density at radius 1 is 1.15 bits per heavy atom. The summed E-state index contributed by atoms with van der Waals surface area (Å²) in [6.45, 7) is 1.76. The number of imide groups is 1. The molecule has 0 aliphatic carbocycles. The molecule has 3 aromatic rings. The molecule has 0 spiro atoms. The van der Waals surface area contributed by atoms with Crippen molar-refractivity contribution in [3.8, 4) is 0 Å². The Morgan fingerprint density at radius 2 is 1.94 bits per heavy atom. The summed E-state index contributed by atoms with van der Waals surface area (Å²) >= 11 is 0. The smallest absolute Gasteiger partial charge is 0.272 e. The number of hydrogen-bond acceptors (Lipinski definition) is 4. The summed E-state index contributed by atoms with van der Waals surface area (Å²) < 4.78 is 27.6. The van der Waals surface area contributed by atoms with Gasteiger partial charge in [-0.2, -0.15) is 0 Å². The quantitative estimate of drug-likeness (QED) is 0.531. The number of carbonyl (C=O) groups excluding carboxylic acids is 4. The first-order valence-electron chi connectivity index (χ1n) is 10.3. The van der Waals surface area contributed by atoms with E-state index < -0.39 is 29.5 Å². The molecule has 0 bridgehead atoms. The molecule has 33 heavy (non-hydrogen) atoms. The monoisotopic (exact) mass is 452 g/mol. The van der Waals surface area contributed by atoms with E-state index in [-0.39, 0.29) is 47.8 Å². The van der Waals surface area contributed by atoms with Gasteiger partial charge in [-0.3, -0.25) is 24.5 Å². The Bertz CT molecular complexity index is 1380. The highest BCUT2D eigenvalue weighted by Crippen LogP contribution is 2.30. The van der Waals surface area contributed by atoms with Crippen molar-refractivity contribution in [2.45, 2.75) is 32.4 Å². The number of fused-ring (bicyclic) bond motifs is 2. The molecule has 2 aromatic carbocycles. The summed E-state index contributed by atoms with van der Waals surface area (Å²) in [5.74, 6) is -3.26. The first-order valence-corrected chi connectivity index (χ1v) is 10.3. The normalized spacial score (nSPS) is 18.0. The van der Waals surface area contributed by atoms with Crippen LogP contribution in [0.3, 0.4) is 0 Å². The number of H-pyrrole nitrogens is 1. The molecule has 0 unspecified atom stereocenters. The van der Waals surface area contributed by atoms with Crippen LogP contribution in [0.5, 0.6) is 0 Å². The van der Waals surface area contributed by atoms with Gasteiger partial charge in [-0.25, -0.2) is 8.78 Å². The number of carbonyl (C=O) groups is 4. The molecular weight excluding hydrogens is 434 g/mol. The molecule has 10 heteroatoms. The van der Waals surface area contributed by atoms with Crippen LogP contribution in [0.2, 0.25) is 0 Å². The van der Waals surface area contributed by atoms with Gasteiger partial charge in [0.1, 0.15) is 23.4 Å². The minimum absolute atomic E-state index is 0.0403. The Kier molecular flexibility index (Phi) is 4.73. The Morgan fingerprint density at radius 3 is 2.70 bits per heavy atom. The van der Waals surface area contributed by atoms with Gasteiger partial charge in [-0.05, 0) is 48.7 Å². The van der Waals surface area contributed by atoms with Crippen molar-refractivity contribution in [3.63, 3.8) is 0 Å². The van der Waals surface area contributed by atoms with E-state index in [1.807, 2.05) is 0 Å². The van der Waals surface area contributed by atoms with Crippen LogP contribution < -0.4 is 10.6 Å². The standard InChI is InChI=1S/C23H18F2N4O4/c1-10-15-7-12(24)8-16(25)20(15)28-19(10)22(32)26-13-2-3-14-11(6-13)9-29(23(14)33)17-4-5-18(30)27-21(17)31/h2-3,6-8,17,28H,4-5,9H2,1H3,(H,26,32)(H,27,30,31)/t17-/m1/s1. The first kappa shape index (κ1) is 20.8. The Labute approximate surface area is 185 Å². The van der Waals surface area contributed by atoms with E-state index >= 15 is 0 Å². The second-order valence-corrected chi connectivity index (χ2v) is 8.16. The number of rotatable bonds is 3. The number of halogens is 2. The van der Waals surface area contributed by atoms with Gasteiger partial charge in [0, 0.05) is 35.7 Å². The van der Waals surface area contributed by atoms with Gasteiger partial charge in [-0.1, -0.05) is 0 Å². The number of aromatic nitrogens is 1. The van der Waals surface area contributed by atoms with Gasteiger partial charge < -0.3 is 15.2 Å². The van der Waals surface area contributed by atoms with Crippen molar-refractivity contribution < 1.29 is 28.0 Å². The topological polar surface area (TPSA) is 111 Å². The molecule has 3 heterocycles. The highest BCUT2D eigenvalue weighted by atomic mass is 19.1. The van der Waals surface area contributed by atoms with Crippen molar-refractivity contribution in [2.24, 2.45) is 0 Å². The van der Waals surface area contributed by atoms with Crippen LogP contribution in [0.1, 0.15) is 44.8 Å². The first-order chi connectivity index (χ1) is 15.7. The zero-order valence-electron chi connectivity index (χ0n) is 17.4. The number of piperidine rings is 1. The lowest BCUT2D eigenvalue weighted by molar-refractivity contribution is -0.136. The molecule has 0 radical (unpaired) electrons. The molecule has 8 nitrogen and oxygen atoms in total. The molecule has 1 saturated heterocycles. The van der Waals surface area contributed by atoms with E-state index in [0.717, 1.165) is 12.1 Å². The minimum Gasteiger partial charge on any atom is -0.348 e. The molecule has 1 fully saturated rings. The molecular formula is C23H18F2N4O4. The average molecular weight is 452 g/mol. The number of amides is 4. The van der Waals surface area contributed by atoms with Crippen LogP contribution in [0.25, 0.3) is 10.9 Å². The largest absolute Gasteiger partial charge is 0.348 e. The van der Waals surface area contributed by atoms with Crippen LogP contribution in [0.4, 0.5) is 14.5 Å². The highest BCUT2D eigenvalue weighted by Gasteiger charge is 2.39. The summed E-state index contributed by atoms with van der Waals surface area (Å²) in [5.41, 5.74) is 1.98. The fourth-order valence-corrected chi connectivity index (χ4v) is 4.42. The maximum atomic E-state index is 14.1. The average Bonchev–Trinajstić information content (AvgIpc) is 3.25.